The Morgan fingerprint density at radius 1 is 1.15 bits per heavy atom. The van der Waals surface area contributed by atoms with Gasteiger partial charge in [-0.05, 0) is 50.0 Å². The number of benzene rings is 1. The van der Waals surface area contributed by atoms with Crippen molar-refractivity contribution in [3.05, 3.63) is 57.9 Å². The molecule has 138 valence electrons. The second kappa shape index (κ2) is 6.79. The number of nitrogens with zero attached hydrogens (tertiary/aromatic N) is 3. The predicted molar refractivity (Wildman–Crippen MR) is 103 cm³/mol. The zero-order valence-electron chi connectivity index (χ0n) is 15.2. The number of aliphatic hydroxyl groups excluding tert-OH is 1. The van der Waals surface area contributed by atoms with Gasteiger partial charge in [-0.15, -0.1) is 0 Å². The van der Waals surface area contributed by atoms with Crippen molar-refractivity contribution in [2.24, 2.45) is 0 Å². The summed E-state index contributed by atoms with van der Waals surface area (Å²) in [6.07, 6.45) is 5.50. The van der Waals surface area contributed by atoms with Crippen molar-refractivity contribution in [1.82, 2.24) is 15.1 Å². The third kappa shape index (κ3) is 3.22. The summed E-state index contributed by atoms with van der Waals surface area (Å²) in [7, 11) is 0. The van der Waals surface area contributed by atoms with E-state index in [1.165, 1.54) is 0 Å². The Balaban J connectivity index is 1.75. The molecule has 0 saturated heterocycles. The molecule has 0 saturated carbocycles. The summed E-state index contributed by atoms with van der Waals surface area (Å²) in [5.74, 6) is 0.801. The highest BCUT2D eigenvalue weighted by molar-refractivity contribution is 6.34. The van der Waals surface area contributed by atoms with Crippen LogP contribution in [0.5, 0.6) is 0 Å². The van der Waals surface area contributed by atoms with Gasteiger partial charge in [-0.1, -0.05) is 41.0 Å². The zero-order chi connectivity index (χ0) is 19.1. The molecule has 1 aliphatic carbocycles. The first kappa shape index (κ1) is 17.7. The molecule has 3 aromatic rings. The lowest BCUT2D eigenvalue weighted by Gasteiger charge is -2.06. The van der Waals surface area contributed by atoms with Crippen molar-refractivity contribution < 1.29 is 14.0 Å². The van der Waals surface area contributed by atoms with Crippen LogP contribution in [0.25, 0.3) is 28.5 Å². The maximum absolute atomic E-state index is 9.79. The van der Waals surface area contributed by atoms with Crippen LogP contribution in [0.4, 0.5) is 0 Å². The maximum Gasteiger partial charge on any atom is 0.314 e. The second-order valence-electron chi connectivity index (χ2n) is 6.58. The first-order chi connectivity index (χ1) is 12.9. The van der Waals surface area contributed by atoms with Crippen molar-refractivity contribution in [3.8, 4) is 11.8 Å². The number of aryl methyl sites for hydroxylation is 2. The van der Waals surface area contributed by atoms with Gasteiger partial charge in [-0.2, -0.15) is 4.98 Å². The summed E-state index contributed by atoms with van der Waals surface area (Å²) in [6.45, 7) is 5.64. The summed E-state index contributed by atoms with van der Waals surface area (Å²) < 4.78 is 11.2. The highest BCUT2D eigenvalue weighted by Crippen LogP contribution is 2.31. The fourth-order valence-corrected chi connectivity index (χ4v) is 3.22. The van der Waals surface area contributed by atoms with E-state index >= 15 is 0 Å². The lowest BCUT2D eigenvalue weighted by atomic mass is 10.1. The molecule has 4 rings (SSSR count). The minimum absolute atomic E-state index is 0.189. The first-order valence-corrected chi connectivity index (χ1v) is 8.98. The summed E-state index contributed by atoms with van der Waals surface area (Å²) >= 11 is 6.40. The van der Waals surface area contributed by atoms with E-state index in [-0.39, 0.29) is 11.8 Å². The molecular weight excluding hydrogens is 366 g/mol. The standard InChI is InChI=1S/C20H18ClN3O3/c1-10-7-8-11(2)17-16(10)22-19(26-17)20-23-18(24-27-20)14-6-4-5-13(12(3)25)9-15(14)21/h4,6-9,12,25H,5H2,1-3H3. The summed E-state index contributed by atoms with van der Waals surface area (Å²) in [4.78, 5) is 8.90. The topological polar surface area (TPSA) is 85.2 Å². The van der Waals surface area contributed by atoms with Crippen molar-refractivity contribution in [1.29, 1.82) is 0 Å². The number of aliphatic hydroxyl groups is 1. The number of oxazole rings is 1. The van der Waals surface area contributed by atoms with Gasteiger partial charge in [0.15, 0.2) is 5.58 Å². The lowest BCUT2D eigenvalue weighted by Crippen LogP contribution is -2.03. The Morgan fingerprint density at radius 3 is 2.67 bits per heavy atom. The Labute approximate surface area is 160 Å². The molecule has 2 aromatic heterocycles. The predicted octanol–water partition coefficient (Wildman–Crippen LogP) is 4.71. The molecule has 1 aliphatic rings. The Bertz CT molecular complexity index is 1080. The van der Waals surface area contributed by atoms with E-state index in [0.29, 0.717) is 28.4 Å². The number of rotatable bonds is 3. The Hall–Kier alpha value is -2.70. The summed E-state index contributed by atoms with van der Waals surface area (Å²) in [6, 6.07) is 3.98. The Kier molecular flexibility index (Phi) is 4.45. The number of allylic oxidation sites excluding steroid dienone is 5. The van der Waals surface area contributed by atoms with Gasteiger partial charge in [0.25, 0.3) is 5.89 Å². The number of hydrogen-bond donors (Lipinski definition) is 1. The average molecular weight is 384 g/mol. The second-order valence-corrected chi connectivity index (χ2v) is 6.99. The van der Waals surface area contributed by atoms with Crippen LogP contribution in [0.15, 0.2) is 49.9 Å². The van der Waals surface area contributed by atoms with Gasteiger partial charge in [0.1, 0.15) is 5.52 Å². The number of fused-ring (bicyclic) bond motifs is 1. The van der Waals surface area contributed by atoms with Crippen molar-refractivity contribution >= 4 is 28.3 Å². The van der Waals surface area contributed by atoms with Crippen LogP contribution < -0.4 is 0 Å². The smallest absolute Gasteiger partial charge is 0.314 e. The fourth-order valence-electron chi connectivity index (χ4n) is 2.93. The van der Waals surface area contributed by atoms with Crippen LogP contribution in [0.2, 0.25) is 0 Å². The van der Waals surface area contributed by atoms with Crippen molar-refractivity contribution in [2.75, 3.05) is 0 Å². The van der Waals surface area contributed by atoms with Gasteiger partial charge in [-0.25, -0.2) is 4.98 Å². The van der Waals surface area contributed by atoms with Gasteiger partial charge < -0.3 is 14.0 Å². The van der Waals surface area contributed by atoms with Gasteiger partial charge in [0, 0.05) is 5.57 Å². The number of hydrogen-bond acceptors (Lipinski definition) is 6. The first-order valence-electron chi connectivity index (χ1n) is 8.60. The minimum atomic E-state index is -0.574. The number of halogens is 1. The molecule has 7 heteroatoms. The molecule has 0 fully saturated rings. The number of aromatic nitrogens is 3. The molecule has 0 spiro atoms. The lowest BCUT2D eigenvalue weighted by molar-refractivity contribution is 0.229. The molecule has 2 heterocycles. The SMILES string of the molecule is Cc1ccc(C)c2oc(-c3nc(C4=C(Cl)C=C(C(C)O)CC=C4)no3)nc12. The molecule has 1 N–H and O–H groups in total. The van der Waals surface area contributed by atoms with E-state index < -0.39 is 6.10 Å². The normalized spacial score (nSPS) is 16.0. The molecule has 27 heavy (non-hydrogen) atoms. The average Bonchev–Trinajstić information content (AvgIpc) is 3.24. The van der Waals surface area contributed by atoms with Gasteiger partial charge >= 0.3 is 5.89 Å². The molecule has 1 unspecified atom stereocenters. The highest BCUT2D eigenvalue weighted by Gasteiger charge is 2.20. The van der Waals surface area contributed by atoms with Crippen LogP contribution in [0.3, 0.4) is 0 Å². The largest absolute Gasteiger partial charge is 0.432 e. The van der Waals surface area contributed by atoms with Crippen LogP contribution in [0, 0.1) is 13.8 Å². The van der Waals surface area contributed by atoms with E-state index in [1.54, 1.807) is 13.0 Å². The van der Waals surface area contributed by atoms with Crippen LogP contribution in [-0.4, -0.2) is 26.3 Å². The molecule has 0 bridgehead atoms. The zero-order valence-corrected chi connectivity index (χ0v) is 15.9. The van der Waals surface area contributed by atoms with Crippen molar-refractivity contribution in [3.63, 3.8) is 0 Å². The Morgan fingerprint density at radius 2 is 1.93 bits per heavy atom. The van der Waals surface area contributed by atoms with E-state index in [0.717, 1.165) is 22.2 Å². The quantitative estimate of drug-likeness (QED) is 0.704. The highest BCUT2D eigenvalue weighted by atomic mass is 35.5. The van der Waals surface area contributed by atoms with E-state index in [4.69, 9.17) is 20.5 Å². The minimum Gasteiger partial charge on any atom is -0.432 e. The molecular formula is C20H18ClN3O3. The van der Waals surface area contributed by atoms with Crippen LogP contribution in [0.1, 0.15) is 30.3 Å². The molecule has 0 aliphatic heterocycles. The molecule has 0 radical (unpaired) electrons. The molecule has 0 amide bonds. The molecule has 6 nitrogen and oxygen atoms in total. The van der Waals surface area contributed by atoms with Gasteiger partial charge in [0.2, 0.25) is 5.82 Å². The van der Waals surface area contributed by atoms with Gasteiger partial charge in [-0.3, -0.25) is 0 Å². The summed E-state index contributed by atoms with van der Waals surface area (Å²) in [5, 5.41) is 14.3. The molecule has 1 aromatic carbocycles. The third-order valence-corrected chi connectivity index (χ3v) is 4.85. The van der Waals surface area contributed by atoms with Gasteiger partial charge in [0.05, 0.1) is 11.1 Å². The summed E-state index contributed by atoms with van der Waals surface area (Å²) in [5.41, 5.74) is 4.92. The van der Waals surface area contributed by atoms with E-state index in [9.17, 15) is 5.11 Å². The monoisotopic (exact) mass is 383 g/mol. The maximum atomic E-state index is 9.79. The van der Waals surface area contributed by atoms with E-state index in [2.05, 4.69) is 15.1 Å². The van der Waals surface area contributed by atoms with Crippen LogP contribution in [-0.2, 0) is 0 Å². The van der Waals surface area contributed by atoms with E-state index in [1.807, 2.05) is 38.1 Å². The third-order valence-electron chi connectivity index (χ3n) is 4.54. The van der Waals surface area contributed by atoms with Crippen molar-refractivity contribution in [2.45, 2.75) is 33.3 Å². The van der Waals surface area contributed by atoms with Crippen LogP contribution >= 0.6 is 11.6 Å². The molecule has 1 atom stereocenters. The fraction of sp³-hybridized carbons (Fsp3) is 0.250.